The first-order chi connectivity index (χ1) is 13.7. The molecule has 0 atom stereocenters. The van der Waals surface area contributed by atoms with E-state index in [4.69, 9.17) is 0 Å². The van der Waals surface area contributed by atoms with Crippen LogP contribution in [-0.4, -0.2) is 29.8 Å². The summed E-state index contributed by atoms with van der Waals surface area (Å²) in [4.78, 5) is 25.7. The summed E-state index contributed by atoms with van der Waals surface area (Å²) in [6.45, 7) is 0.316. The number of rotatable bonds is 6. The van der Waals surface area contributed by atoms with E-state index < -0.39 is 11.7 Å². The molecule has 7 heteroatoms. The van der Waals surface area contributed by atoms with Gasteiger partial charge in [-0.05, 0) is 54.3 Å². The van der Waals surface area contributed by atoms with Crippen molar-refractivity contribution in [1.82, 2.24) is 10.2 Å². The summed E-state index contributed by atoms with van der Waals surface area (Å²) in [6, 6.07) is 12.1. The van der Waals surface area contributed by atoms with E-state index in [0.29, 0.717) is 17.7 Å². The smallest absolute Gasteiger partial charge is 0.349 e. The Kier molecular flexibility index (Phi) is 6.06. The van der Waals surface area contributed by atoms with Crippen LogP contribution in [0.3, 0.4) is 0 Å². The lowest BCUT2D eigenvalue weighted by Gasteiger charge is -2.15. The number of nitrogens with one attached hydrogen (secondary N) is 1. The molecule has 0 unspecified atom stereocenters. The molecule has 2 amide bonds. The van der Waals surface area contributed by atoms with E-state index in [1.54, 1.807) is 31.3 Å². The highest BCUT2D eigenvalue weighted by Gasteiger charge is 2.30. The Morgan fingerprint density at radius 3 is 2.45 bits per heavy atom. The fraction of sp³-hybridized carbons (Fsp3) is 0.273. The van der Waals surface area contributed by atoms with Gasteiger partial charge in [-0.15, -0.1) is 0 Å². The van der Waals surface area contributed by atoms with E-state index in [9.17, 15) is 22.8 Å². The Balaban J connectivity index is 1.57. The maximum Gasteiger partial charge on any atom is 0.416 e. The van der Waals surface area contributed by atoms with Gasteiger partial charge in [0.25, 0.3) is 5.91 Å². The molecule has 1 N–H and O–H groups in total. The average molecular weight is 402 g/mol. The van der Waals surface area contributed by atoms with Crippen LogP contribution in [0.2, 0.25) is 0 Å². The average Bonchev–Trinajstić information content (AvgIpc) is 3.50. The number of benzene rings is 2. The number of likely N-dealkylation sites (N-methyl/N-ethyl adjacent to an activating group) is 1. The van der Waals surface area contributed by atoms with Gasteiger partial charge in [0.1, 0.15) is 0 Å². The monoisotopic (exact) mass is 402 g/mol. The molecule has 1 saturated carbocycles. The van der Waals surface area contributed by atoms with Crippen molar-refractivity contribution < 1.29 is 22.8 Å². The Hall–Kier alpha value is -3.09. The molecule has 4 nitrogen and oxygen atoms in total. The molecular weight excluding hydrogens is 381 g/mol. The molecule has 29 heavy (non-hydrogen) atoms. The lowest BCUT2D eigenvalue weighted by atomic mass is 10.1. The summed E-state index contributed by atoms with van der Waals surface area (Å²) in [5, 5.41) is 2.91. The molecule has 2 aromatic rings. The minimum atomic E-state index is -4.42. The molecule has 152 valence electrons. The third-order valence-electron chi connectivity index (χ3n) is 4.56. The molecule has 1 fully saturated rings. The van der Waals surface area contributed by atoms with Gasteiger partial charge in [-0.25, -0.2) is 0 Å². The summed E-state index contributed by atoms with van der Waals surface area (Å²) < 4.78 is 38.3. The van der Waals surface area contributed by atoms with Gasteiger partial charge in [-0.3, -0.25) is 9.59 Å². The van der Waals surface area contributed by atoms with Crippen molar-refractivity contribution in [3.05, 3.63) is 76.9 Å². The highest BCUT2D eigenvalue weighted by atomic mass is 19.4. The first-order valence-corrected chi connectivity index (χ1v) is 9.22. The maximum atomic E-state index is 12.8. The summed E-state index contributed by atoms with van der Waals surface area (Å²) in [6.07, 6.45) is 0.216. The van der Waals surface area contributed by atoms with Gasteiger partial charge in [0, 0.05) is 31.3 Å². The van der Waals surface area contributed by atoms with Gasteiger partial charge in [0.05, 0.1) is 5.56 Å². The molecule has 0 aliphatic heterocycles. The highest BCUT2D eigenvalue weighted by Crippen LogP contribution is 2.29. The lowest BCUT2D eigenvalue weighted by Crippen LogP contribution is -2.26. The largest absolute Gasteiger partial charge is 0.416 e. The van der Waals surface area contributed by atoms with Crippen molar-refractivity contribution in [2.24, 2.45) is 0 Å². The van der Waals surface area contributed by atoms with E-state index in [1.165, 1.54) is 29.2 Å². The first kappa shape index (κ1) is 20.6. The van der Waals surface area contributed by atoms with Crippen LogP contribution >= 0.6 is 0 Å². The second-order valence-electron chi connectivity index (χ2n) is 7.10. The van der Waals surface area contributed by atoms with E-state index in [1.807, 2.05) is 0 Å². The standard InChI is InChI=1S/C22H21F3N2O2/c1-27(14-16-5-8-17(9-6-16)21(29)26-19-10-11-19)20(28)12-7-15-3-2-4-18(13-15)22(23,24)25/h2-9,12-13,19H,10-11,14H2,1H3,(H,26,29)/b12-7+. The number of amides is 2. The molecule has 1 aliphatic carbocycles. The van der Waals surface area contributed by atoms with E-state index in [-0.39, 0.29) is 17.9 Å². The van der Waals surface area contributed by atoms with Crippen LogP contribution in [0.1, 0.15) is 39.9 Å². The van der Waals surface area contributed by atoms with E-state index >= 15 is 0 Å². The van der Waals surface area contributed by atoms with Crippen LogP contribution < -0.4 is 5.32 Å². The van der Waals surface area contributed by atoms with Gasteiger partial charge in [0.2, 0.25) is 5.91 Å². The molecule has 0 radical (unpaired) electrons. The number of carbonyl (C=O) groups is 2. The van der Waals surface area contributed by atoms with Gasteiger partial charge >= 0.3 is 6.18 Å². The van der Waals surface area contributed by atoms with Crippen molar-refractivity contribution >= 4 is 17.9 Å². The number of nitrogens with zero attached hydrogens (tertiary/aromatic N) is 1. The first-order valence-electron chi connectivity index (χ1n) is 9.22. The fourth-order valence-electron chi connectivity index (χ4n) is 2.72. The Morgan fingerprint density at radius 2 is 1.83 bits per heavy atom. The number of hydrogen-bond acceptors (Lipinski definition) is 2. The molecule has 0 heterocycles. The predicted octanol–water partition coefficient (Wildman–Crippen LogP) is 4.27. The van der Waals surface area contributed by atoms with Crippen molar-refractivity contribution in [3.8, 4) is 0 Å². The SMILES string of the molecule is CN(Cc1ccc(C(=O)NC2CC2)cc1)C(=O)/C=C/c1cccc(C(F)(F)F)c1. The van der Waals surface area contributed by atoms with Crippen molar-refractivity contribution in [2.45, 2.75) is 31.6 Å². The van der Waals surface area contributed by atoms with E-state index in [2.05, 4.69) is 5.32 Å². The van der Waals surface area contributed by atoms with Crippen molar-refractivity contribution in [1.29, 1.82) is 0 Å². The quantitative estimate of drug-likeness (QED) is 0.734. The zero-order valence-corrected chi connectivity index (χ0v) is 15.9. The summed E-state index contributed by atoms with van der Waals surface area (Å²) in [5.74, 6) is -0.439. The molecule has 1 aliphatic rings. The number of halogens is 3. The van der Waals surface area contributed by atoms with E-state index in [0.717, 1.165) is 30.5 Å². The number of alkyl halides is 3. The number of carbonyl (C=O) groups excluding carboxylic acids is 2. The van der Waals surface area contributed by atoms with Crippen LogP contribution in [-0.2, 0) is 17.5 Å². The predicted molar refractivity (Wildman–Crippen MR) is 104 cm³/mol. The van der Waals surface area contributed by atoms with Crippen LogP contribution in [0, 0.1) is 0 Å². The summed E-state index contributed by atoms with van der Waals surface area (Å²) in [5.41, 5.74) is 0.953. The minimum Gasteiger partial charge on any atom is -0.349 e. The van der Waals surface area contributed by atoms with Crippen LogP contribution in [0.15, 0.2) is 54.6 Å². The zero-order valence-electron chi connectivity index (χ0n) is 15.9. The molecule has 0 saturated heterocycles. The Bertz CT molecular complexity index is 916. The Morgan fingerprint density at radius 1 is 1.14 bits per heavy atom. The van der Waals surface area contributed by atoms with Gasteiger partial charge in [-0.1, -0.05) is 24.3 Å². The normalized spacial score (nSPS) is 14.1. The minimum absolute atomic E-state index is 0.104. The second-order valence-corrected chi connectivity index (χ2v) is 7.10. The summed E-state index contributed by atoms with van der Waals surface area (Å²) >= 11 is 0. The number of hydrogen-bond donors (Lipinski definition) is 1. The molecule has 3 rings (SSSR count). The fourth-order valence-corrected chi connectivity index (χ4v) is 2.72. The molecule has 2 aromatic carbocycles. The third-order valence-corrected chi connectivity index (χ3v) is 4.56. The molecular formula is C22H21F3N2O2. The Labute approximate surface area is 167 Å². The van der Waals surface area contributed by atoms with Crippen LogP contribution in [0.4, 0.5) is 13.2 Å². The van der Waals surface area contributed by atoms with Crippen molar-refractivity contribution in [2.75, 3.05) is 7.05 Å². The van der Waals surface area contributed by atoms with Crippen LogP contribution in [0.5, 0.6) is 0 Å². The molecule has 0 bridgehead atoms. The summed E-state index contributed by atoms with van der Waals surface area (Å²) in [7, 11) is 1.60. The second kappa shape index (κ2) is 8.51. The zero-order chi connectivity index (χ0) is 21.0. The van der Waals surface area contributed by atoms with Gasteiger partial charge in [0.15, 0.2) is 0 Å². The third kappa shape index (κ3) is 5.94. The topological polar surface area (TPSA) is 49.4 Å². The van der Waals surface area contributed by atoms with Crippen molar-refractivity contribution in [3.63, 3.8) is 0 Å². The van der Waals surface area contributed by atoms with Gasteiger partial charge < -0.3 is 10.2 Å². The highest BCUT2D eigenvalue weighted by molar-refractivity contribution is 5.94. The lowest BCUT2D eigenvalue weighted by molar-refractivity contribution is -0.137. The molecule has 0 aromatic heterocycles. The van der Waals surface area contributed by atoms with Crippen LogP contribution in [0.25, 0.3) is 6.08 Å². The molecule has 0 spiro atoms. The van der Waals surface area contributed by atoms with Gasteiger partial charge in [-0.2, -0.15) is 13.2 Å². The maximum absolute atomic E-state index is 12.8.